The van der Waals surface area contributed by atoms with Crippen LogP contribution in [0, 0.1) is 0 Å². The Morgan fingerprint density at radius 2 is 2.18 bits per heavy atom. The zero-order valence-electron chi connectivity index (χ0n) is 9.18. The number of aromatic hydroxyl groups is 1. The van der Waals surface area contributed by atoms with Crippen molar-refractivity contribution in [2.45, 2.75) is 11.8 Å². The lowest BCUT2D eigenvalue weighted by Crippen LogP contribution is -2.37. The van der Waals surface area contributed by atoms with E-state index in [0.29, 0.717) is 6.61 Å². The van der Waals surface area contributed by atoms with Gasteiger partial charge in [-0.2, -0.15) is 0 Å². The Hall–Kier alpha value is -1.48. The van der Waals surface area contributed by atoms with Crippen molar-refractivity contribution in [1.82, 2.24) is 4.98 Å². The molecule has 0 aliphatic carbocycles. The van der Waals surface area contributed by atoms with E-state index in [4.69, 9.17) is 20.4 Å². The van der Waals surface area contributed by atoms with Crippen LogP contribution in [0.3, 0.4) is 0 Å². The molecule has 1 aromatic heterocycles. The van der Waals surface area contributed by atoms with E-state index in [1.807, 2.05) is 0 Å². The third-order valence-electron chi connectivity index (χ3n) is 2.99. The van der Waals surface area contributed by atoms with E-state index >= 15 is 0 Å². The lowest BCUT2D eigenvalue weighted by molar-refractivity contribution is 0.0985. The van der Waals surface area contributed by atoms with Crippen molar-refractivity contribution in [3.8, 4) is 5.75 Å². The number of rotatable bonds is 0. The summed E-state index contributed by atoms with van der Waals surface area (Å²) in [7, 11) is 12.1. The minimum absolute atomic E-state index is 0.176. The highest BCUT2D eigenvalue weighted by molar-refractivity contribution is 6.41. The Bertz CT molecular complexity index is 598. The first kappa shape index (κ1) is 10.7. The standard InChI is InChI=1S/C12H9B2NO2/c13-12(14)6-17-5-7-4-15-10-2-1-8(16)3-9(10)11(7)12/h1-4,16H,5-6H2. The molecule has 1 N–H and O–H groups in total. The van der Waals surface area contributed by atoms with E-state index in [0.717, 1.165) is 22.0 Å². The Labute approximate surface area is 102 Å². The van der Waals surface area contributed by atoms with Gasteiger partial charge in [0.15, 0.2) is 0 Å². The number of phenols is 1. The molecular formula is C12H9B2NO2. The molecule has 1 aromatic carbocycles. The number of benzene rings is 1. The van der Waals surface area contributed by atoms with Crippen LogP contribution in [0.15, 0.2) is 24.4 Å². The second-order valence-electron chi connectivity index (χ2n) is 4.39. The highest BCUT2D eigenvalue weighted by Gasteiger charge is 2.29. The van der Waals surface area contributed by atoms with Crippen molar-refractivity contribution in [1.29, 1.82) is 0 Å². The van der Waals surface area contributed by atoms with E-state index in [2.05, 4.69) is 4.98 Å². The average Bonchev–Trinajstić information content (AvgIpc) is 2.27. The summed E-state index contributed by atoms with van der Waals surface area (Å²) in [6.07, 6.45) is 1.72. The fourth-order valence-electron chi connectivity index (χ4n) is 2.28. The van der Waals surface area contributed by atoms with Crippen LogP contribution in [0.1, 0.15) is 11.1 Å². The molecule has 0 bridgehead atoms. The summed E-state index contributed by atoms with van der Waals surface area (Å²) in [5.41, 5.74) is 2.45. The van der Waals surface area contributed by atoms with Gasteiger partial charge in [-0.1, -0.05) is 5.21 Å². The highest BCUT2D eigenvalue weighted by atomic mass is 16.5. The van der Waals surface area contributed by atoms with Crippen LogP contribution in [0.5, 0.6) is 5.75 Å². The van der Waals surface area contributed by atoms with Crippen LogP contribution in [-0.2, 0) is 16.6 Å². The van der Waals surface area contributed by atoms with Gasteiger partial charge in [0.1, 0.15) is 5.75 Å². The molecule has 3 nitrogen and oxygen atoms in total. The normalized spacial score (nSPS) is 17.9. The van der Waals surface area contributed by atoms with Crippen molar-refractivity contribution in [2.75, 3.05) is 6.61 Å². The van der Waals surface area contributed by atoms with Crippen molar-refractivity contribution < 1.29 is 9.84 Å². The molecule has 2 aromatic rings. The van der Waals surface area contributed by atoms with E-state index < -0.39 is 5.21 Å². The molecule has 3 rings (SSSR count). The summed E-state index contributed by atoms with van der Waals surface area (Å²) >= 11 is 0. The number of nitrogens with zero attached hydrogens (tertiary/aromatic N) is 1. The van der Waals surface area contributed by atoms with Crippen molar-refractivity contribution >= 4 is 26.6 Å². The lowest BCUT2D eigenvalue weighted by atomic mass is 9.50. The summed E-state index contributed by atoms with van der Waals surface area (Å²) in [5.74, 6) is 0.176. The van der Waals surface area contributed by atoms with Gasteiger partial charge in [-0.25, -0.2) is 0 Å². The van der Waals surface area contributed by atoms with Crippen LogP contribution in [0.25, 0.3) is 10.9 Å². The Balaban J connectivity index is 2.40. The first-order valence-corrected chi connectivity index (χ1v) is 5.34. The van der Waals surface area contributed by atoms with Gasteiger partial charge in [0.25, 0.3) is 0 Å². The van der Waals surface area contributed by atoms with Crippen molar-refractivity contribution in [3.63, 3.8) is 0 Å². The fourth-order valence-corrected chi connectivity index (χ4v) is 2.28. The number of hydrogen-bond acceptors (Lipinski definition) is 3. The zero-order valence-corrected chi connectivity index (χ0v) is 9.18. The summed E-state index contributed by atoms with van der Waals surface area (Å²) in [5, 5.41) is 9.31. The van der Waals surface area contributed by atoms with E-state index in [-0.39, 0.29) is 12.4 Å². The van der Waals surface area contributed by atoms with Gasteiger partial charge in [0.05, 0.1) is 27.8 Å². The average molecular weight is 221 g/mol. The number of pyridine rings is 1. The number of fused-ring (bicyclic) bond motifs is 3. The molecule has 0 amide bonds. The maximum Gasteiger partial charge on any atom is 0.116 e. The monoisotopic (exact) mass is 221 g/mol. The van der Waals surface area contributed by atoms with E-state index in [9.17, 15) is 5.11 Å². The molecule has 2 heterocycles. The zero-order chi connectivity index (χ0) is 12.0. The van der Waals surface area contributed by atoms with E-state index in [1.54, 1.807) is 24.4 Å². The predicted molar refractivity (Wildman–Crippen MR) is 66.2 cm³/mol. The second kappa shape index (κ2) is 3.50. The third kappa shape index (κ3) is 1.62. The molecule has 1 aliphatic rings. The minimum atomic E-state index is -1.04. The largest absolute Gasteiger partial charge is 0.508 e. The first-order valence-electron chi connectivity index (χ1n) is 5.34. The van der Waals surface area contributed by atoms with Crippen LogP contribution in [0.2, 0.25) is 0 Å². The van der Waals surface area contributed by atoms with Crippen LogP contribution >= 0.6 is 0 Å². The van der Waals surface area contributed by atoms with Crippen molar-refractivity contribution in [2.24, 2.45) is 0 Å². The van der Waals surface area contributed by atoms with Gasteiger partial charge >= 0.3 is 0 Å². The van der Waals surface area contributed by atoms with Gasteiger partial charge in [-0.05, 0) is 29.3 Å². The van der Waals surface area contributed by atoms with E-state index in [1.165, 1.54) is 0 Å². The van der Waals surface area contributed by atoms with Gasteiger partial charge in [-0.3, -0.25) is 4.98 Å². The smallest absolute Gasteiger partial charge is 0.116 e. The summed E-state index contributed by atoms with van der Waals surface area (Å²) in [6.45, 7) is 0.707. The lowest BCUT2D eigenvalue weighted by Gasteiger charge is -2.34. The third-order valence-corrected chi connectivity index (χ3v) is 2.99. The molecule has 17 heavy (non-hydrogen) atoms. The number of hydrogen-bond donors (Lipinski definition) is 1. The maximum atomic E-state index is 9.56. The topological polar surface area (TPSA) is 42.4 Å². The van der Waals surface area contributed by atoms with Crippen LogP contribution in [0.4, 0.5) is 0 Å². The summed E-state index contributed by atoms with van der Waals surface area (Å²) in [6, 6.07) is 4.98. The Morgan fingerprint density at radius 3 is 3.00 bits per heavy atom. The molecular weight excluding hydrogens is 212 g/mol. The van der Waals surface area contributed by atoms with Gasteiger partial charge in [0.2, 0.25) is 0 Å². The number of ether oxygens (including phenoxy) is 1. The molecule has 5 heteroatoms. The molecule has 80 valence electrons. The second-order valence-corrected chi connectivity index (χ2v) is 4.39. The number of aromatic nitrogens is 1. The Morgan fingerprint density at radius 1 is 1.35 bits per heavy atom. The molecule has 0 saturated carbocycles. The highest BCUT2D eigenvalue weighted by Crippen LogP contribution is 2.34. The van der Waals surface area contributed by atoms with Gasteiger partial charge in [0, 0.05) is 18.2 Å². The predicted octanol–water partition coefficient (Wildman–Crippen LogP) is 0.960. The summed E-state index contributed by atoms with van der Waals surface area (Å²) < 4.78 is 5.34. The maximum absolute atomic E-state index is 9.56. The van der Waals surface area contributed by atoms with Crippen LogP contribution < -0.4 is 0 Å². The molecule has 4 radical (unpaired) electrons. The SMILES string of the molecule is [B]C1([B])COCc2cnc3ccc(O)cc3c21. The van der Waals surface area contributed by atoms with Crippen molar-refractivity contribution in [3.05, 3.63) is 35.5 Å². The minimum Gasteiger partial charge on any atom is -0.508 e. The van der Waals surface area contributed by atoms with Crippen LogP contribution in [-0.4, -0.2) is 32.4 Å². The van der Waals surface area contributed by atoms with Gasteiger partial charge < -0.3 is 9.84 Å². The molecule has 1 aliphatic heterocycles. The summed E-state index contributed by atoms with van der Waals surface area (Å²) in [4.78, 5) is 4.30. The molecule has 0 saturated heterocycles. The molecule has 0 unspecified atom stereocenters. The first-order chi connectivity index (χ1) is 8.08. The number of phenolic OH excluding ortho intramolecular Hbond substituents is 1. The quantitative estimate of drug-likeness (QED) is 0.673. The molecule has 0 atom stereocenters. The molecule has 0 fully saturated rings. The molecule has 0 spiro atoms. The Kier molecular flexibility index (Phi) is 2.20. The van der Waals surface area contributed by atoms with Gasteiger partial charge in [-0.15, -0.1) is 0 Å². The fraction of sp³-hybridized carbons (Fsp3) is 0.250.